The molecule has 0 bridgehead atoms. The first-order chi connectivity index (χ1) is 7.29. The molecule has 0 amide bonds. The Morgan fingerprint density at radius 3 is 3.07 bits per heavy atom. The summed E-state index contributed by atoms with van der Waals surface area (Å²) in [6, 6.07) is 0.281. The molecule has 3 N–H and O–H groups in total. The van der Waals surface area contributed by atoms with Crippen LogP contribution in [0.15, 0.2) is 0 Å². The number of nitrogens with one attached hydrogen (secondary N) is 1. The fourth-order valence-corrected chi connectivity index (χ4v) is 2.17. The van der Waals surface area contributed by atoms with Gasteiger partial charge in [-0.2, -0.15) is 4.37 Å². The van der Waals surface area contributed by atoms with E-state index >= 15 is 0 Å². The second-order valence-corrected chi connectivity index (χ2v) is 4.90. The molecule has 0 aromatic carbocycles. The van der Waals surface area contributed by atoms with Crippen LogP contribution in [0.4, 0.5) is 5.13 Å². The van der Waals surface area contributed by atoms with Crippen molar-refractivity contribution in [3.63, 3.8) is 0 Å². The molecule has 0 radical (unpaired) electrons. The zero-order valence-corrected chi connectivity index (χ0v) is 9.89. The minimum Gasteiger partial charge on any atom is -0.359 e. The molecule has 0 saturated heterocycles. The minimum atomic E-state index is 0.281. The van der Waals surface area contributed by atoms with E-state index in [0.717, 1.165) is 36.3 Å². The van der Waals surface area contributed by atoms with Gasteiger partial charge < -0.3 is 11.1 Å². The fourth-order valence-electron chi connectivity index (χ4n) is 1.55. The van der Waals surface area contributed by atoms with Crippen LogP contribution < -0.4 is 11.1 Å². The van der Waals surface area contributed by atoms with Gasteiger partial charge in [0.2, 0.25) is 5.13 Å². The van der Waals surface area contributed by atoms with E-state index in [-0.39, 0.29) is 6.04 Å². The zero-order chi connectivity index (χ0) is 10.7. The lowest BCUT2D eigenvalue weighted by atomic mass is 10.2. The van der Waals surface area contributed by atoms with Gasteiger partial charge in [0, 0.05) is 30.5 Å². The Kier molecular flexibility index (Phi) is 3.53. The molecule has 1 saturated carbocycles. The van der Waals surface area contributed by atoms with E-state index in [1.807, 2.05) is 0 Å². The molecular weight excluding hydrogens is 208 g/mol. The maximum Gasteiger partial charge on any atom is 0.202 e. The first-order valence-corrected chi connectivity index (χ1v) is 6.39. The quantitative estimate of drug-likeness (QED) is 0.774. The van der Waals surface area contributed by atoms with Crippen molar-refractivity contribution in [2.45, 2.75) is 38.6 Å². The van der Waals surface area contributed by atoms with Crippen molar-refractivity contribution in [3.05, 3.63) is 5.82 Å². The van der Waals surface area contributed by atoms with Crippen molar-refractivity contribution in [2.24, 2.45) is 11.7 Å². The van der Waals surface area contributed by atoms with E-state index < -0.39 is 0 Å². The molecule has 1 fully saturated rings. The monoisotopic (exact) mass is 226 g/mol. The van der Waals surface area contributed by atoms with Crippen molar-refractivity contribution in [1.29, 1.82) is 0 Å². The molecule has 0 spiro atoms. The van der Waals surface area contributed by atoms with Crippen LogP contribution >= 0.6 is 11.5 Å². The Morgan fingerprint density at radius 2 is 2.40 bits per heavy atom. The first kappa shape index (κ1) is 10.8. The summed E-state index contributed by atoms with van der Waals surface area (Å²) in [5.74, 6) is 1.69. The summed E-state index contributed by atoms with van der Waals surface area (Å²) < 4.78 is 4.27. The van der Waals surface area contributed by atoms with Crippen LogP contribution in [0.2, 0.25) is 0 Å². The van der Waals surface area contributed by atoms with Gasteiger partial charge in [0.1, 0.15) is 5.82 Å². The first-order valence-electron chi connectivity index (χ1n) is 5.61. The Bertz CT molecular complexity index is 308. The lowest BCUT2D eigenvalue weighted by Crippen LogP contribution is -2.30. The second kappa shape index (κ2) is 4.90. The summed E-state index contributed by atoms with van der Waals surface area (Å²) in [7, 11) is 0. The standard InChI is InChI=1S/C10H18N4S/c1-2-3-9-13-10(15-14-9)12-6-8(11)7-4-5-7/h7-8H,2-6,11H2,1H3,(H,12,13,14). The molecule has 1 aromatic heterocycles. The third-order valence-corrected chi connectivity index (χ3v) is 3.37. The molecule has 1 unspecified atom stereocenters. The molecule has 0 aliphatic heterocycles. The van der Waals surface area contributed by atoms with Gasteiger partial charge in [-0.3, -0.25) is 0 Å². The van der Waals surface area contributed by atoms with E-state index in [9.17, 15) is 0 Å². The number of rotatable bonds is 6. The average Bonchev–Trinajstić information content (AvgIpc) is 2.98. The number of nitrogens with two attached hydrogens (primary N) is 1. The number of hydrogen-bond donors (Lipinski definition) is 2. The van der Waals surface area contributed by atoms with Crippen LogP contribution in [0.5, 0.6) is 0 Å². The summed E-state index contributed by atoms with van der Waals surface area (Å²) in [6.07, 6.45) is 4.64. The van der Waals surface area contributed by atoms with Gasteiger partial charge in [-0.25, -0.2) is 4.98 Å². The Labute approximate surface area is 94.5 Å². The number of aromatic nitrogens is 2. The number of hydrogen-bond acceptors (Lipinski definition) is 5. The Morgan fingerprint density at radius 1 is 1.60 bits per heavy atom. The van der Waals surface area contributed by atoms with Crippen LogP contribution in [-0.2, 0) is 6.42 Å². The van der Waals surface area contributed by atoms with Crippen molar-refractivity contribution in [3.8, 4) is 0 Å². The smallest absolute Gasteiger partial charge is 0.202 e. The number of aryl methyl sites for hydroxylation is 1. The molecule has 1 atom stereocenters. The molecule has 1 aromatic rings. The van der Waals surface area contributed by atoms with Crippen LogP contribution in [0, 0.1) is 5.92 Å². The van der Waals surface area contributed by atoms with E-state index in [1.165, 1.54) is 24.4 Å². The summed E-state index contributed by atoms with van der Waals surface area (Å²) in [6.45, 7) is 2.96. The highest BCUT2D eigenvalue weighted by atomic mass is 32.1. The van der Waals surface area contributed by atoms with Gasteiger partial charge in [-0.1, -0.05) is 6.92 Å². The fraction of sp³-hybridized carbons (Fsp3) is 0.800. The maximum absolute atomic E-state index is 5.99. The number of anilines is 1. The Hall–Kier alpha value is -0.680. The van der Waals surface area contributed by atoms with E-state index in [1.54, 1.807) is 0 Å². The molecule has 84 valence electrons. The average molecular weight is 226 g/mol. The van der Waals surface area contributed by atoms with E-state index in [0.29, 0.717) is 0 Å². The van der Waals surface area contributed by atoms with Gasteiger partial charge >= 0.3 is 0 Å². The van der Waals surface area contributed by atoms with Crippen molar-refractivity contribution < 1.29 is 0 Å². The molecule has 1 heterocycles. The summed E-state index contributed by atoms with van der Waals surface area (Å²) in [4.78, 5) is 4.39. The molecule has 5 heteroatoms. The van der Waals surface area contributed by atoms with Crippen LogP contribution in [-0.4, -0.2) is 21.9 Å². The lowest BCUT2D eigenvalue weighted by Gasteiger charge is -2.09. The third kappa shape index (κ3) is 3.14. The third-order valence-electron chi connectivity index (χ3n) is 2.66. The molecule has 1 aliphatic rings. The topological polar surface area (TPSA) is 63.8 Å². The minimum absolute atomic E-state index is 0.281. The maximum atomic E-state index is 5.99. The number of nitrogens with zero attached hydrogens (tertiary/aromatic N) is 2. The molecule has 2 rings (SSSR count). The van der Waals surface area contributed by atoms with Gasteiger partial charge in [-0.15, -0.1) is 0 Å². The molecular formula is C10H18N4S. The highest BCUT2D eigenvalue weighted by molar-refractivity contribution is 7.09. The summed E-state index contributed by atoms with van der Waals surface area (Å²) in [5.41, 5.74) is 5.99. The van der Waals surface area contributed by atoms with Crippen LogP contribution in [0.1, 0.15) is 32.0 Å². The predicted molar refractivity (Wildman–Crippen MR) is 63.1 cm³/mol. The molecule has 4 nitrogen and oxygen atoms in total. The normalized spacial score (nSPS) is 17.7. The summed E-state index contributed by atoms with van der Waals surface area (Å²) in [5, 5.41) is 4.18. The van der Waals surface area contributed by atoms with Gasteiger partial charge in [0.05, 0.1) is 0 Å². The van der Waals surface area contributed by atoms with E-state index in [2.05, 4.69) is 21.6 Å². The predicted octanol–water partition coefficient (Wildman–Crippen LogP) is 1.64. The highest BCUT2D eigenvalue weighted by Crippen LogP contribution is 2.31. The second-order valence-electron chi connectivity index (χ2n) is 4.15. The van der Waals surface area contributed by atoms with Crippen molar-refractivity contribution in [2.75, 3.05) is 11.9 Å². The van der Waals surface area contributed by atoms with Crippen molar-refractivity contribution >= 4 is 16.7 Å². The largest absolute Gasteiger partial charge is 0.359 e. The van der Waals surface area contributed by atoms with E-state index in [4.69, 9.17) is 5.73 Å². The van der Waals surface area contributed by atoms with Crippen LogP contribution in [0.25, 0.3) is 0 Å². The van der Waals surface area contributed by atoms with Crippen molar-refractivity contribution in [1.82, 2.24) is 9.36 Å². The highest BCUT2D eigenvalue weighted by Gasteiger charge is 2.28. The van der Waals surface area contributed by atoms with Gasteiger partial charge in [0.25, 0.3) is 0 Å². The molecule has 15 heavy (non-hydrogen) atoms. The van der Waals surface area contributed by atoms with Gasteiger partial charge in [0.15, 0.2) is 0 Å². The van der Waals surface area contributed by atoms with Gasteiger partial charge in [-0.05, 0) is 25.2 Å². The lowest BCUT2D eigenvalue weighted by molar-refractivity contribution is 0.620. The zero-order valence-electron chi connectivity index (χ0n) is 9.07. The SMILES string of the molecule is CCCc1nsc(NCC(N)C2CC2)n1. The Balaban J connectivity index is 1.76. The molecule has 1 aliphatic carbocycles. The summed E-state index contributed by atoms with van der Waals surface area (Å²) >= 11 is 1.44. The van der Waals surface area contributed by atoms with Crippen LogP contribution in [0.3, 0.4) is 0 Å².